The normalized spacial score (nSPS) is 9.45. The van der Waals surface area contributed by atoms with Gasteiger partial charge in [-0.2, -0.15) is 0 Å². The van der Waals surface area contributed by atoms with Gasteiger partial charge in [0.05, 0.1) is 5.52 Å². The molecule has 0 fully saturated rings. The molecule has 3 radical (unpaired) electrons. The number of hydrogen-bond acceptors (Lipinski definition) is 1. The topological polar surface area (TPSA) is 66.5 Å². The molecule has 0 aliphatic carbocycles. The minimum absolute atomic E-state index is 0. The van der Waals surface area contributed by atoms with Gasteiger partial charge in [-0.25, -0.2) is 0 Å². The van der Waals surface area contributed by atoms with Gasteiger partial charge in [0.25, 0.3) is 0 Å². The number of phenolic OH excluding ortho intramolecular Hbond substituents is 1. The zero-order valence-electron chi connectivity index (χ0n) is 5.78. The molecule has 0 saturated carbocycles. The summed E-state index contributed by atoms with van der Waals surface area (Å²) in [5.41, 5.74) is 0.808. The average Bonchev–Trinajstić information content (AvgIpc) is 2.36. The van der Waals surface area contributed by atoms with E-state index in [0.29, 0.717) is 5.75 Å². The van der Waals surface area contributed by atoms with Crippen molar-refractivity contribution in [2.45, 2.75) is 0 Å². The summed E-state index contributed by atoms with van der Waals surface area (Å²) < 4.78 is 0. The summed E-state index contributed by atoms with van der Waals surface area (Å²) in [6, 6.07) is 7.37. The number of hydrogen-bond donors (Lipinski definition) is 2. The van der Waals surface area contributed by atoms with Crippen LogP contribution in [0.3, 0.4) is 0 Å². The number of phenols is 1. The third-order valence-corrected chi connectivity index (χ3v) is 1.57. The quantitative estimate of drug-likeness (QED) is 0.581. The van der Waals surface area contributed by atoms with Crippen LogP contribution >= 0.6 is 0 Å². The van der Waals surface area contributed by atoms with Gasteiger partial charge < -0.3 is 10.1 Å². The lowest BCUT2D eigenvalue weighted by molar-refractivity contribution is 0.480. The van der Waals surface area contributed by atoms with Crippen LogP contribution in [0.15, 0.2) is 30.5 Å². The Hall–Kier alpha value is -1.48. The molecule has 1 aromatic heterocycles. The molecule has 1 aromatic carbocycles. The summed E-state index contributed by atoms with van der Waals surface area (Å²) in [6.07, 6.45) is 1.81. The molecule has 3 nitrogen and oxygen atoms in total. The molecule has 11 heavy (non-hydrogen) atoms. The molecule has 2 aromatic rings. The van der Waals surface area contributed by atoms with Crippen molar-refractivity contribution in [3.63, 3.8) is 0 Å². The molecule has 2 rings (SSSR count). The Morgan fingerprint density at radius 3 is 2.73 bits per heavy atom. The largest absolute Gasteiger partial charge is 0.506 e. The lowest BCUT2D eigenvalue weighted by Gasteiger charge is -1.91. The van der Waals surface area contributed by atoms with Crippen molar-refractivity contribution in [2.24, 2.45) is 0 Å². The van der Waals surface area contributed by atoms with Crippen LogP contribution in [0.1, 0.15) is 0 Å². The molecule has 0 aliphatic heterocycles. The standard InChI is InChI=1S/C8H7NO.N/c10-7-3-1-2-6-4-5-9-8(6)7;/h1-5,9-10H;. The third-order valence-electron chi connectivity index (χ3n) is 1.57. The molecular weight excluding hydrogens is 140 g/mol. The van der Waals surface area contributed by atoms with E-state index in [9.17, 15) is 5.11 Å². The number of nitrogens with one attached hydrogen (secondary N) is 1. The van der Waals surface area contributed by atoms with E-state index < -0.39 is 0 Å². The van der Waals surface area contributed by atoms with E-state index in [-0.39, 0.29) is 6.15 Å². The Balaban J connectivity index is 0.000000605. The maximum atomic E-state index is 9.23. The van der Waals surface area contributed by atoms with Crippen LogP contribution in [0, 0.1) is 0 Å². The molecule has 0 amide bonds. The maximum Gasteiger partial charge on any atom is 0.139 e. The number of benzene rings is 1. The molecular formula is C8H7N2O. The number of nitrogens with zero attached hydrogens (tertiary/aromatic N) is 1. The SMILES string of the molecule is Oc1cccc2cc[nH]c12.[N]. The fourth-order valence-electron chi connectivity index (χ4n) is 1.07. The van der Waals surface area contributed by atoms with Crippen molar-refractivity contribution in [1.29, 1.82) is 0 Å². The molecule has 1 heterocycles. The van der Waals surface area contributed by atoms with Crippen molar-refractivity contribution in [3.8, 4) is 5.75 Å². The summed E-state index contributed by atoms with van der Waals surface area (Å²) in [5.74, 6) is 0.308. The van der Waals surface area contributed by atoms with Crippen LogP contribution in [0.25, 0.3) is 10.9 Å². The van der Waals surface area contributed by atoms with E-state index in [1.807, 2.05) is 24.4 Å². The van der Waals surface area contributed by atoms with E-state index in [1.54, 1.807) is 6.07 Å². The highest BCUT2D eigenvalue weighted by atomic mass is 16.3. The van der Waals surface area contributed by atoms with Gasteiger partial charge in [-0.3, -0.25) is 0 Å². The Bertz CT molecular complexity index is 354. The first-order valence-electron chi connectivity index (χ1n) is 3.13. The molecule has 0 bridgehead atoms. The molecule has 0 spiro atoms. The van der Waals surface area contributed by atoms with Crippen LogP contribution < -0.4 is 6.15 Å². The maximum absolute atomic E-state index is 9.23. The van der Waals surface area contributed by atoms with Gasteiger partial charge in [0, 0.05) is 17.7 Å². The number of aromatic amines is 1. The highest BCUT2D eigenvalue weighted by Gasteiger charge is 1.96. The van der Waals surface area contributed by atoms with Gasteiger partial charge in [0.1, 0.15) is 5.75 Å². The Morgan fingerprint density at radius 1 is 1.18 bits per heavy atom. The second kappa shape index (κ2) is 2.64. The van der Waals surface area contributed by atoms with Crippen LogP contribution in [0.4, 0.5) is 0 Å². The van der Waals surface area contributed by atoms with Crippen molar-refractivity contribution < 1.29 is 5.11 Å². The molecule has 2 N–H and O–H groups in total. The number of aromatic nitrogens is 1. The summed E-state index contributed by atoms with van der Waals surface area (Å²) in [6.45, 7) is 0. The molecule has 0 atom stereocenters. The smallest absolute Gasteiger partial charge is 0.139 e. The van der Waals surface area contributed by atoms with Gasteiger partial charge in [-0.05, 0) is 12.1 Å². The summed E-state index contributed by atoms with van der Waals surface area (Å²) in [7, 11) is 0. The van der Waals surface area contributed by atoms with Crippen molar-refractivity contribution in [1.82, 2.24) is 11.1 Å². The van der Waals surface area contributed by atoms with Crippen LogP contribution in [-0.2, 0) is 0 Å². The highest BCUT2D eigenvalue weighted by Crippen LogP contribution is 2.21. The van der Waals surface area contributed by atoms with Gasteiger partial charge in [-0.15, -0.1) is 0 Å². The predicted octanol–water partition coefficient (Wildman–Crippen LogP) is 1.39. The molecule has 0 saturated heterocycles. The molecule has 55 valence electrons. The first kappa shape index (κ1) is 7.63. The first-order valence-corrected chi connectivity index (χ1v) is 3.13. The summed E-state index contributed by atoms with van der Waals surface area (Å²) in [5, 5.41) is 10.3. The second-order valence-electron chi connectivity index (χ2n) is 2.22. The monoisotopic (exact) mass is 147 g/mol. The Morgan fingerprint density at radius 2 is 2.00 bits per heavy atom. The van der Waals surface area contributed by atoms with E-state index in [1.165, 1.54) is 0 Å². The van der Waals surface area contributed by atoms with Gasteiger partial charge in [0.15, 0.2) is 0 Å². The number of fused-ring (bicyclic) bond motifs is 1. The summed E-state index contributed by atoms with van der Waals surface area (Å²) in [4.78, 5) is 2.94. The lowest BCUT2D eigenvalue weighted by atomic mass is 10.2. The second-order valence-corrected chi connectivity index (χ2v) is 2.22. The van der Waals surface area contributed by atoms with Crippen molar-refractivity contribution in [3.05, 3.63) is 30.5 Å². The van der Waals surface area contributed by atoms with Gasteiger partial charge in [-0.1, -0.05) is 12.1 Å². The fraction of sp³-hybridized carbons (Fsp3) is 0. The van der Waals surface area contributed by atoms with E-state index >= 15 is 0 Å². The van der Waals surface area contributed by atoms with Crippen LogP contribution in [0.5, 0.6) is 5.75 Å². The van der Waals surface area contributed by atoms with E-state index in [4.69, 9.17) is 0 Å². The first-order chi connectivity index (χ1) is 4.88. The van der Waals surface area contributed by atoms with E-state index in [0.717, 1.165) is 10.9 Å². The van der Waals surface area contributed by atoms with Gasteiger partial charge in [0.2, 0.25) is 0 Å². The number of para-hydroxylation sites is 1. The van der Waals surface area contributed by atoms with Gasteiger partial charge >= 0.3 is 0 Å². The molecule has 0 aliphatic rings. The predicted molar refractivity (Wildman–Crippen MR) is 42.1 cm³/mol. The highest BCUT2D eigenvalue weighted by molar-refractivity contribution is 5.84. The Labute approximate surface area is 64.3 Å². The number of rotatable bonds is 0. The lowest BCUT2D eigenvalue weighted by Crippen LogP contribution is -1.67. The Kier molecular flexibility index (Phi) is 1.83. The zero-order valence-corrected chi connectivity index (χ0v) is 5.78. The number of aromatic hydroxyl groups is 1. The average molecular weight is 147 g/mol. The van der Waals surface area contributed by atoms with Crippen LogP contribution in [-0.4, -0.2) is 10.1 Å². The zero-order chi connectivity index (χ0) is 6.97. The minimum atomic E-state index is 0. The van der Waals surface area contributed by atoms with E-state index in [2.05, 4.69) is 4.98 Å². The molecule has 3 heteroatoms. The fourth-order valence-corrected chi connectivity index (χ4v) is 1.07. The number of H-pyrrole nitrogens is 1. The summed E-state index contributed by atoms with van der Waals surface area (Å²) >= 11 is 0. The molecule has 0 unspecified atom stereocenters. The minimum Gasteiger partial charge on any atom is -0.506 e. The third kappa shape index (κ3) is 1.06. The van der Waals surface area contributed by atoms with Crippen molar-refractivity contribution >= 4 is 10.9 Å². The van der Waals surface area contributed by atoms with Crippen LogP contribution in [0.2, 0.25) is 0 Å². The van der Waals surface area contributed by atoms with Crippen molar-refractivity contribution in [2.75, 3.05) is 0 Å².